The van der Waals surface area contributed by atoms with Crippen molar-refractivity contribution in [3.05, 3.63) is 0 Å². The molecule has 1 amide bonds. The zero-order chi connectivity index (χ0) is 13.5. The monoisotopic (exact) mass is 254 g/mol. The lowest BCUT2D eigenvalue weighted by molar-refractivity contribution is -0.138. The average Bonchev–Trinajstić information content (AvgIpc) is 2.37. The summed E-state index contributed by atoms with van der Waals surface area (Å²) in [7, 11) is 0. The van der Waals surface area contributed by atoms with Gasteiger partial charge < -0.3 is 10.6 Å². The van der Waals surface area contributed by atoms with Gasteiger partial charge in [-0.1, -0.05) is 27.2 Å². The van der Waals surface area contributed by atoms with Gasteiger partial charge in [-0.2, -0.15) is 0 Å². The topological polar surface area (TPSA) is 46.3 Å². The van der Waals surface area contributed by atoms with Crippen molar-refractivity contribution in [3.63, 3.8) is 0 Å². The lowest BCUT2D eigenvalue weighted by Gasteiger charge is -2.37. The zero-order valence-corrected chi connectivity index (χ0v) is 12.3. The summed E-state index contributed by atoms with van der Waals surface area (Å²) >= 11 is 0. The first kappa shape index (κ1) is 15.5. The summed E-state index contributed by atoms with van der Waals surface area (Å²) in [6, 6.07) is 0.796. The number of rotatable bonds is 6. The van der Waals surface area contributed by atoms with Gasteiger partial charge in [-0.15, -0.1) is 0 Å². The maximum absolute atomic E-state index is 12.5. The second kappa shape index (κ2) is 7.78. The average molecular weight is 254 g/mol. The SMILES string of the molecule is CCCC(C)C(=O)N(CCC)C1CCC(N)CC1. The highest BCUT2D eigenvalue weighted by Gasteiger charge is 2.29. The highest BCUT2D eigenvalue weighted by molar-refractivity contribution is 5.78. The van der Waals surface area contributed by atoms with Crippen molar-refractivity contribution in [2.75, 3.05) is 6.54 Å². The predicted octanol–water partition coefficient (Wildman–Crippen LogP) is 2.93. The van der Waals surface area contributed by atoms with E-state index in [0.717, 1.165) is 51.5 Å². The predicted molar refractivity (Wildman–Crippen MR) is 76.3 cm³/mol. The normalized spacial score (nSPS) is 25.8. The standard InChI is InChI=1S/C15H30N2O/c1-4-6-12(3)15(18)17(11-5-2)14-9-7-13(16)8-10-14/h12-14H,4-11,16H2,1-3H3. The Morgan fingerprint density at radius 1 is 1.22 bits per heavy atom. The second-order valence-electron chi connectivity index (χ2n) is 5.79. The van der Waals surface area contributed by atoms with E-state index in [4.69, 9.17) is 5.73 Å². The van der Waals surface area contributed by atoms with Gasteiger partial charge in [0, 0.05) is 24.5 Å². The molecule has 0 radical (unpaired) electrons. The Morgan fingerprint density at radius 3 is 2.33 bits per heavy atom. The fourth-order valence-electron chi connectivity index (χ4n) is 2.97. The number of hydrogen-bond donors (Lipinski definition) is 1. The molecule has 3 heteroatoms. The van der Waals surface area contributed by atoms with E-state index in [0.29, 0.717) is 18.0 Å². The third-order valence-corrected chi connectivity index (χ3v) is 4.07. The van der Waals surface area contributed by atoms with Crippen LogP contribution in [0.15, 0.2) is 0 Å². The van der Waals surface area contributed by atoms with E-state index >= 15 is 0 Å². The molecule has 0 spiro atoms. The summed E-state index contributed by atoms with van der Waals surface area (Å²) in [5.41, 5.74) is 5.95. The van der Waals surface area contributed by atoms with Crippen LogP contribution >= 0.6 is 0 Å². The molecule has 0 aliphatic heterocycles. The number of carbonyl (C=O) groups is 1. The quantitative estimate of drug-likeness (QED) is 0.792. The number of hydrogen-bond acceptors (Lipinski definition) is 2. The molecule has 0 aromatic heterocycles. The molecule has 1 aliphatic rings. The minimum atomic E-state index is 0.178. The summed E-state index contributed by atoms with van der Waals surface area (Å²) < 4.78 is 0. The molecule has 0 aromatic carbocycles. The minimum Gasteiger partial charge on any atom is -0.339 e. The highest BCUT2D eigenvalue weighted by atomic mass is 16.2. The molecule has 0 bridgehead atoms. The highest BCUT2D eigenvalue weighted by Crippen LogP contribution is 2.24. The van der Waals surface area contributed by atoms with Crippen LogP contribution < -0.4 is 5.73 Å². The van der Waals surface area contributed by atoms with Gasteiger partial charge in [0.1, 0.15) is 0 Å². The molecule has 106 valence electrons. The van der Waals surface area contributed by atoms with Crippen LogP contribution in [-0.2, 0) is 4.79 Å². The van der Waals surface area contributed by atoms with E-state index in [-0.39, 0.29) is 5.92 Å². The molecule has 1 rings (SSSR count). The van der Waals surface area contributed by atoms with Gasteiger partial charge in [0.25, 0.3) is 0 Å². The molecule has 0 heterocycles. The number of nitrogens with two attached hydrogens (primary N) is 1. The van der Waals surface area contributed by atoms with Crippen LogP contribution in [-0.4, -0.2) is 29.4 Å². The first-order valence-electron chi connectivity index (χ1n) is 7.66. The molecule has 2 N–H and O–H groups in total. The van der Waals surface area contributed by atoms with Crippen molar-refractivity contribution in [2.45, 2.75) is 77.8 Å². The molecule has 1 saturated carbocycles. The molecule has 3 nitrogen and oxygen atoms in total. The van der Waals surface area contributed by atoms with Crippen LogP contribution in [0.2, 0.25) is 0 Å². The van der Waals surface area contributed by atoms with Crippen LogP contribution in [0.25, 0.3) is 0 Å². The third-order valence-electron chi connectivity index (χ3n) is 4.07. The van der Waals surface area contributed by atoms with E-state index in [1.807, 2.05) is 0 Å². The minimum absolute atomic E-state index is 0.178. The zero-order valence-electron chi connectivity index (χ0n) is 12.3. The smallest absolute Gasteiger partial charge is 0.225 e. The molecule has 0 saturated heterocycles. The maximum atomic E-state index is 12.5. The Balaban J connectivity index is 2.60. The van der Waals surface area contributed by atoms with Crippen molar-refractivity contribution in [1.29, 1.82) is 0 Å². The number of amides is 1. The van der Waals surface area contributed by atoms with Crippen molar-refractivity contribution >= 4 is 5.91 Å². The van der Waals surface area contributed by atoms with E-state index in [2.05, 4.69) is 25.7 Å². The fourth-order valence-corrected chi connectivity index (χ4v) is 2.97. The van der Waals surface area contributed by atoms with Gasteiger partial charge in [-0.05, 0) is 38.5 Å². The van der Waals surface area contributed by atoms with Crippen molar-refractivity contribution in [2.24, 2.45) is 11.7 Å². The molecule has 1 aliphatic carbocycles. The Labute approximate surface area is 112 Å². The van der Waals surface area contributed by atoms with Gasteiger partial charge in [0.2, 0.25) is 5.91 Å². The molecular formula is C15H30N2O. The summed E-state index contributed by atoms with van der Waals surface area (Å²) in [6.07, 6.45) is 7.46. The molecule has 1 unspecified atom stereocenters. The summed E-state index contributed by atoms with van der Waals surface area (Å²) in [5, 5.41) is 0. The van der Waals surface area contributed by atoms with Crippen LogP contribution in [0.4, 0.5) is 0 Å². The van der Waals surface area contributed by atoms with Gasteiger partial charge in [-0.3, -0.25) is 4.79 Å². The van der Waals surface area contributed by atoms with Crippen molar-refractivity contribution in [3.8, 4) is 0 Å². The largest absolute Gasteiger partial charge is 0.339 e. The molecule has 18 heavy (non-hydrogen) atoms. The molecule has 0 aromatic rings. The van der Waals surface area contributed by atoms with E-state index in [9.17, 15) is 4.79 Å². The molecular weight excluding hydrogens is 224 g/mol. The van der Waals surface area contributed by atoms with Gasteiger partial charge >= 0.3 is 0 Å². The van der Waals surface area contributed by atoms with Gasteiger partial charge in [-0.25, -0.2) is 0 Å². The lowest BCUT2D eigenvalue weighted by atomic mass is 9.89. The first-order valence-corrected chi connectivity index (χ1v) is 7.66. The van der Waals surface area contributed by atoms with E-state index < -0.39 is 0 Å². The molecule has 1 fully saturated rings. The molecule has 1 atom stereocenters. The number of nitrogens with zero attached hydrogens (tertiary/aromatic N) is 1. The lowest BCUT2D eigenvalue weighted by Crippen LogP contribution is -2.46. The summed E-state index contributed by atoms with van der Waals surface area (Å²) in [5.74, 6) is 0.538. The van der Waals surface area contributed by atoms with Crippen LogP contribution in [0.5, 0.6) is 0 Å². The first-order chi connectivity index (χ1) is 8.60. The summed E-state index contributed by atoms with van der Waals surface area (Å²) in [4.78, 5) is 14.6. The Bertz CT molecular complexity index is 247. The van der Waals surface area contributed by atoms with Crippen LogP contribution in [0.3, 0.4) is 0 Å². The van der Waals surface area contributed by atoms with Crippen LogP contribution in [0, 0.1) is 5.92 Å². The van der Waals surface area contributed by atoms with Crippen molar-refractivity contribution in [1.82, 2.24) is 4.90 Å². The van der Waals surface area contributed by atoms with E-state index in [1.54, 1.807) is 0 Å². The Morgan fingerprint density at radius 2 is 1.83 bits per heavy atom. The Kier molecular flexibility index (Phi) is 6.69. The maximum Gasteiger partial charge on any atom is 0.225 e. The van der Waals surface area contributed by atoms with E-state index in [1.165, 1.54) is 0 Å². The second-order valence-corrected chi connectivity index (χ2v) is 5.79. The van der Waals surface area contributed by atoms with Crippen molar-refractivity contribution < 1.29 is 4.79 Å². The Hall–Kier alpha value is -0.570. The summed E-state index contributed by atoms with van der Waals surface area (Å²) in [6.45, 7) is 7.28. The van der Waals surface area contributed by atoms with Crippen LogP contribution in [0.1, 0.15) is 65.7 Å². The number of carbonyl (C=O) groups excluding carboxylic acids is 1. The fraction of sp³-hybridized carbons (Fsp3) is 0.933. The van der Waals surface area contributed by atoms with Gasteiger partial charge in [0.15, 0.2) is 0 Å². The third kappa shape index (κ3) is 4.27. The van der Waals surface area contributed by atoms with Gasteiger partial charge in [0.05, 0.1) is 0 Å².